The summed E-state index contributed by atoms with van der Waals surface area (Å²) in [7, 11) is 2.09. The number of hydrogen-bond donors (Lipinski definition) is 0. The molecule has 0 saturated carbocycles. The van der Waals surface area contributed by atoms with E-state index in [1.54, 1.807) is 6.92 Å². The minimum atomic E-state index is -0.188. The third kappa shape index (κ3) is 3.65. The van der Waals surface area contributed by atoms with E-state index in [1.165, 1.54) is 0 Å². The zero-order valence-electron chi connectivity index (χ0n) is 8.12. The van der Waals surface area contributed by atoms with E-state index in [-0.39, 0.29) is 16.9 Å². The molecule has 4 heteroatoms. The molecule has 1 unspecified atom stereocenters. The molecule has 13 heavy (non-hydrogen) atoms. The highest BCUT2D eigenvalue weighted by atomic mass is 79.9. The number of ether oxygens (including phenoxy) is 1. The highest BCUT2D eigenvalue weighted by molar-refractivity contribution is 9.10. The largest absolute Gasteiger partial charge is 0.461 e. The molecule has 1 rings (SSSR count). The second-order valence-corrected chi connectivity index (χ2v) is 4.93. The van der Waals surface area contributed by atoms with Crippen LogP contribution in [-0.4, -0.2) is 41.9 Å². The van der Waals surface area contributed by atoms with E-state index in [0.29, 0.717) is 0 Å². The number of esters is 1. The number of halogens is 1. The molecule has 0 N–H and O–H groups in total. The zero-order chi connectivity index (χ0) is 9.84. The Morgan fingerprint density at radius 1 is 1.54 bits per heavy atom. The minimum absolute atomic E-state index is 0.128. The molecule has 0 aromatic heterocycles. The first-order valence-corrected chi connectivity index (χ1v) is 5.54. The third-order valence-corrected chi connectivity index (χ3v) is 2.65. The van der Waals surface area contributed by atoms with Crippen molar-refractivity contribution in [1.82, 2.24) is 4.90 Å². The molecule has 0 spiro atoms. The molecule has 0 aliphatic carbocycles. The second kappa shape index (κ2) is 4.96. The Balaban J connectivity index is 2.26. The number of nitrogens with zero attached hydrogens (tertiary/aromatic N) is 1. The number of rotatable bonds is 2. The molecule has 0 bridgehead atoms. The molecule has 1 atom stereocenters. The molecule has 0 aromatic rings. The fraction of sp³-hybridized carbons (Fsp3) is 0.889. The van der Waals surface area contributed by atoms with Crippen molar-refractivity contribution in [2.45, 2.75) is 30.7 Å². The second-order valence-electron chi connectivity index (χ2n) is 3.56. The van der Waals surface area contributed by atoms with Gasteiger partial charge in [-0.2, -0.15) is 0 Å². The van der Waals surface area contributed by atoms with Crippen LogP contribution in [0.2, 0.25) is 0 Å². The van der Waals surface area contributed by atoms with Crippen LogP contribution < -0.4 is 0 Å². The van der Waals surface area contributed by atoms with Crippen LogP contribution in [0.4, 0.5) is 0 Å². The van der Waals surface area contributed by atoms with E-state index >= 15 is 0 Å². The van der Waals surface area contributed by atoms with Crippen LogP contribution in [0.15, 0.2) is 0 Å². The van der Waals surface area contributed by atoms with Crippen LogP contribution >= 0.6 is 15.9 Å². The molecule has 0 amide bonds. The molecule has 1 heterocycles. The Morgan fingerprint density at radius 3 is 2.54 bits per heavy atom. The van der Waals surface area contributed by atoms with Crippen molar-refractivity contribution < 1.29 is 9.53 Å². The summed E-state index contributed by atoms with van der Waals surface area (Å²) in [5.41, 5.74) is 0. The van der Waals surface area contributed by atoms with E-state index in [9.17, 15) is 4.79 Å². The molecule has 1 aliphatic heterocycles. The Morgan fingerprint density at radius 2 is 2.08 bits per heavy atom. The van der Waals surface area contributed by atoms with Gasteiger partial charge in [0.15, 0.2) is 0 Å². The van der Waals surface area contributed by atoms with Gasteiger partial charge in [0, 0.05) is 13.1 Å². The maximum absolute atomic E-state index is 11.2. The van der Waals surface area contributed by atoms with Gasteiger partial charge in [-0.1, -0.05) is 15.9 Å². The minimum Gasteiger partial charge on any atom is -0.461 e. The predicted molar refractivity (Wildman–Crippen MR) is 55.0 cm³/mol. The zero-order valence-corrected chi connectivity index (χ0v) is 9.71. The fourth-order valence-corrected chi connectivity index (χ4v) is 1.47. The fourth-order valence-electron chi connectivity index (χ4n) is 1.36. The monoisotopic (exact) mass is 249 g/mol. The standard InChI is InChI=1S/C9H16BrNO2/c1-7(10)9(12)13-8-3-5-11(2)6-4-8/h7-8H,3-6H2,1-2H3. The molecular weight excluding hydrogens is 234 g/mol. The molecule has 0 aromatic carbocycles. The topological polar surface area (TPSA) is 29.5 Å². The SMILES string of the molecule is CC(Br)C(=O)OC1CCN(C)CC1. The summed E-state index contributed by atoms with van der Waals surface area (Å²) >= 11 is 3.19. The Bertz CT molecular complexity index is 176. The summed E-state index contributed by atoms with van der Waals surface area (Å²) < 4.78 is 5.29. The Hall–Kier alpha value is -0.0900. The number of alkyl halides is 1. The lowest BCUT2D eigenvalue weighted by atomic mass is 10.1. The van der Waals surface area contributed by atoms with Gasteiger partial charge in [-0.25, -0.2) is 0 Å². The van der Waals surface area contributed by atoms with E-state index in [1.807, 2.05) is 0 Å². The summed E-state index contributed by atoms with van der Waals surface area (Å²) in [6.45, 7) is 3.83. The number of carbonyl (C=O) groups excluding carboxylic acids is 1. The maximum Gasteiger partial charge on any atom is 0.319 e. The maximum atomic E-state index is 11.2. The molecule has 3 nitrogen and oxygen atoms in total. The van der Waals surface area contributed by atoms with Crippen LogP contribution in [-0.2, 0) is 9.53 Å². The lowest BCUT2D eigenvalue weighted by Gasteiger charge is -2.28. The summed E-state index contributed by atoms with van der Waals surface area (Å²) in [6, 6.07) is 0. The van der Waals surface area contributed by atoms with Gasteiger partial charge < -0.3 is 9.64 Å². The van der Waals surface area contributed by atoms with Crippen molar-refractivity contribution >= 4 is 21.9 Å². The average molecular weight is 250 g/mol. The highest BCUT2D eigenvalue weighted by Gasteiger charge is 2.21. The number of likely N-dealkylation sites (tertiary alicyclic amines) is 1. The quantitative estimate of drug-likeness (QED) is 0.548. The van der Waals surface area contributed by atoms with Crippen molar-refractivity contribution in [3.05, 3.63) is 0 Å². The van der Waals surface area contributed by atoms with Crippen molar-refractivity contribution in [1.29, 1.82) is 0 Å². The number of hydrogen-bond acceptors (Lipinski definition) is 3. The first kappa shape index (κ1) is 11.0. The Kier molecular flexibility index (Phi) is 4.19. The molecule has 1 fully saturated rings. The first-order valence-electron chi connectivity index (χ1n) is 4.62. The van der Waals surface area contributed by atoms with Crippen molar-refractivity contribution in [3.63, 3.8) is 0 Å². The summed E-state index contributed by atoms with van der Waals surface area (Å²) in [6.07, 6.45) is 2.05. The van der Waals surface area contributed by atoms with Gasteiger partial charge in [0.2, 0.25) is 0 Å². The average Bonchev–Trinajstić information content (AvgIpc) is 2.08. The van der Waals surface area contributed by atoms with Crippen LogP contribution in [0.1, 0.15) is 19.8 Å². The van der Waals surface area contributed by atoms with Gasteiger partial charge in [-0.15, -0.1) is 0 Å². The van der Waals surface area contributed by atoms with E-state index < -0.39 is 0 Å². The van der Waals surface area contributed by atoms with Crippen LogP contribution in [0.3, 0.4) is 0 Å². The van der Waals surface area contributed by atoms with Gasteiger partial charge in [-0.3, -0.25) is 4.79 Å². The van der Waals surface area contributed by atoms with Crippen molar-refractivity contribution in [3.8, 4) is 0 Å². The highest BCUT2D eigenvalue weighted by Crippen LogP contribution is 2.14. The van der Waals surface area contributed by atoms with Gasteiger partial charge in [0.25, 0.3) is 0 Å². The number of piperidine rings is 1. The van der Waals surface area contributed by atoms with Crippen molar-refractivity contribution in [2.24, 2.45) is 0 Å². The van der Waals surface area contributed by atoms with Crippen LogP contribution in [0, 0.1) is 0 Å². The van der Waals surface area contributed by atoms with Gasteiger partial charge in [-0.05, 0) is 26.8 Å². The van der Waals surface area contributed by atoms with Gasteiger partial charge in [0.05, 0.1) is 0 Å². The first-order chi connectivity index (χ1) is 6.09. The van der Waals surface area contributed by atoms with E-state index in [4.69, 9.17) is 4.74 Å². The molecule has 76 valence electrons. The Labute approximate surface area is 87.6 Å². The van der Waals surface area contributed by atoms with Crippen molar-refractivity contribution in [2.75, 3.05) is 20.1 Å². The van der Waals surface area contributed by atoms with Gasteiger partial charge in [0.1, 0.15) is 10.9 Å². The lowest BCUT2D eigenvalue weighted by Crippen LogP contribution is -2.36. The lowest BCUT2D eigenvalue weighted by molar-refractivity contribution is -0.149. The smallest absolute Gasteiger partial charge is 0.319 e. The molecule has 0 radical (unpaired) electrons. The number of carbonyl (C=O) groups is 1. The third-order valence-electron chi connectivity index (χ3n) is 2.27. The van der Waals surface area contributed by atoms with E-state index in [2.05, 4.69) is 27.9 Å². The normalized spacial score (nSPS) is 22.7. The predicted octanol–water partition coefficient (Wildman–Crippen LogP) is 1.41. The van der Waals surface area contributed by atoms with Crippen LogP contribution in [0.5, 0.6) is 0 Å². The summed E-state index contributed by atoms with van der Waals surface area (Å²) in [5, 5.41) is 0. The van der Waals surface area contributed by atoms with Gasteiger partial charge >= 0.3 is 5.97 Å². The molecule has 1 aliphatic rings. The molecular formula is C9H16BrNO2. The summed E-state index contributed by atoms with van der Waals surface area (Å²) in [4.78, 5) is 13.3. The molecule has 1 saturated heterocycles. The van der Waals surface area contributed by atoms with E-state index in [0.717, 1.165) is 25.9 Å². The van der Waals surface area contributed by atoms with Crippen LogP contribution in [0.25, 0.3) is 0 Å². The summed E-state index contributed by atoms with van der Waals surface area (Å²) in [5.74, 6) is -0.144.